The van der Waals surface area contributed by atoms with Crippen LogP contribution < -0.4 is 5.32 Å². The fourth-order valence-corrected chi connectivity index (χ4v) is 4.20. The molecule has 0 aliphatic heterocycles. The first-order chi connectivity index (χ1) is 15.3. The molecule has 3 aromatic heterocycles. The lowest BCUT2D eigenvalue weighted by molar-refractivity contribution is -0.0214. The number of halogens is 2. The van der Waals surface area contributed by atoms with Crippen LogP contribution in [0.3, 0.4) is 0 Å². The number of pyridine rings is 3. The second-order valence-corrected chi connectivity index (χ2v) is 8.54. The van der Waals surface area contributed by atoms with Gasteiger partial charge in [0.05, 0.1) is 11.4 Å². The van der Waals surface area contributed by atoms with E-state index in [1.807, 2.05) is 38.1 Å². The quantitative estimate of drug-likeness (QED) is 0.485. The molecule has 32 heavy (non-hydrogen) atoms. The molecule has 1 aliphatic rings. The molecular weight excluding hydrogens is 410 g/mol. The van der Waals surface area contributed by atoms with E-state index in [0.717, 1.165) is 36.8 Å². The van der Waals surface area contributed by atoms with Crippen LogP contribution in [0, 0.1) is 19.3 Å². The predicted octanol–water partition coefficient (Wildman–Crippen LogP) is 6.13. The molecule has 0 amide bonds. The summed E-state index contributed by atoms with van der Waals surface area (Å²) < 4.78 is 25.9. The lowest BCUT2D eigenvalue weighted by Crippen LogP contribution is -2.34. The van der Waals surface area contributed by atoms with Crippen molar-refractivity contribution in [1.29, 1.82) is 0 Å². The number of aryl methyl sites for hydroxylation is 1. The molecule has 4 rings (SSSR count). The molecule has 3 aromatic rings. The monoisotopic (exact) mass is 437 g/mol. The van der Waals surface area contributed by atoms with Crippen LogP contribution in [0.4, 0.5) is 20.4 Å². The fraction of sp³-hybridized carbons (Fsp3) is 0.360. The molecule has 1 saturated carbocycles. The van der Waals surface area contributed by atoms with E-state index in [0.29, 0.717) is 23.0 Å². The van der Waals surface area contributed by atoms with Gasteiger partial charge in [0.1, 0.15) is 17.2 Å². The summed E-state index contributed by atoms with van der Waals surface area (Å²) in [7, 11) is 0. The minimum absolute atomic E-state index is 0.0990. The van der Waals surface area contributed by atoms with Crippen molar-refractivity contribution in [3.05, 3.63) is 72.0 Å². The molecule has 0 spiro atoms. The van der Waals surface area contributed by atoms with Gasteiger partial charge in [0.15, 0.2) is 0 Å². The molecule has 0 bridgehead atoms. The van der Waals surface area contributed by atoms with E-state index in [9.17, 15) is 13.9 Å². The minimum Gasteiger partial charge on any atom is -0.384 e. The van der Waals surface area contributed by atoms with E-state index >= 15 is 0 Å². The van der Waals surface area contributed by atoms with Gasteiger partial charge in [-0.1, -0.05) is 0 Å². The number of hydrogen-bond donors (Lipinski definition) is 2. The van der Waals surface area contributed by atoms with Gasteiger partial charge >= 0.3 is 0 Å². The smallest absolute Gasteiger partial charge is 0.264 e. The van der Waals surface area contributed by atoms with Crippen LogP contribution in [0.2, 0.25) is 0 Å². The van der Waals surface area contributed by atoms with Gasteiger partial charge in [-0.3, -0.25) is 4.98 Å². The number of nitrogens with zero attached hydrogens (tertiary/aromatic N) is 3. The summed E-state index contributed by atoms with van der Waals surface area (Å²) in [5.74, 6) is 1.00. The third-order valence-electron chi connectivity index (χ3n) is 6.07. The normalized spacial score (nSPS) is 16.7. The molecule has 167 valence electrons. The lowest BCUT2D eigenvalue weighted by atomic mass is 9.76. The van der Waals surface area contributed by atoms with E-state index in [2.05, 4.69) is 26.7 Å². The van der Waals surface area contributed by atoms with E-state index in [1.54, 1.807) is 6.20 Å². The fourth-order valence-electron chi connectivity index (χ4n) is 4.20. The number of alkyl halides is 2. The SMILES string of the molecule is Cc1cc(Nc2cc(C(F)F)ccn2)nc(-c2ccc([C@](C)(O)C3CC[CH]CC3)nc2)c1. The summed E-state index contributed by atoms with van der Waals surface area (Å²) in [5.41, 5.74) is 2.05. The Morgan fingerprint density at radius 1 is 1.06 bits per heavy atom. The predicted molar refractivity (Wildman–Crippen MR) is 121 cm³/mol. The molecule has 1 aliphatic carbocycles. The zero-order valence-corrected chi connectivity index (χ0v) is 18.2. The highest BCUT2D eigenvalue weighted by Crippen LogP contribution is 2.38. The van der Waals surface area contributed by atoms with Crippen LogP contribution in [0.25, 0.3) is 11.3 Å². The van der Waals surface area contributed by atoms with Gasteiger partial charge in [0.25, 0.3) is 6.43 Å². The Bertz CT molecular complexity index is 1060. The van der Waals surface area contributed by atoms with Crippen LogP contribution in [-0.4, -0.2) is 20.1 Å². The number of aliphatic hydroxyl groups is 1. The van der Waals surface area contributed by atoms with Crippen molar-refractivity contribution in [2.45, 2.75) is 51.6 Å². The van der Waals surface area contributed by atoms with Gasteiger partial charge in [-0.15, -0.1) is 0 Å². The van der Waals surface area contributed by atoms with E-state index in [4.69, 9.17) is 0 Å². The Morgan fingerprint density at radius 3 is 2.53 bits per heavy atom. The molecule has 0 saturated heterocycles. The standard InChI is InChI=1S/C25H27F2N4O/c1-16-12-20(30-23(13-16)31-22-14-17(24(26)27)10-11-28-22)18-8-9-21(29-15-18)25(2,32)19-6-4-3-5-7-19/h3,8-15,19,24,32H,4-7H2,1-2H3,(H,28,30,31)/t25-/m1/s1. The molecule has 0 unspecified atom stereocenters. The lowest BCUT2D eigenvalue weighted by Gasteiger charge is -2.35. The Morgan fingerprint density at radius 2 is 1.84 bits per heavy atom. The largest absolute Gasteiger partial charge is 0.384 e. The zero-order chi connectivity index (χ0) is 22.7. The van der Waals surface area contributed by atoms with Crippen molar-refractivity contribution < 1.29 is 13.9 Å². The zero-order valence-electron chi connectivity index (χ0n) is 18.2. The molecule has 3 heterocycles. The number of hydrogen-bond acceptors (Lipinski definition) is 5. The van der Waals surface area contributed by atoms with Crippen molar-refractivity contribution >= 4 is 11.6 Å². The van der Waals surface area contributed by atoms with Crippen LogP contribution in [0.1, 0.15) is 55.9 Å². The summed E-state index contributed by atoms with van der Waals surface area (Å²) >= 11 is 0. The topological polar surface area (TPSA) is 70.9 Å². The second kappa shape index (κ2) is 9.28. The summed E-state index contributed by atoms with van der Waals surface area (Å²) in [6.45, 7) is 3.78. The molecule has 5 nitrogen and oxygen atoms in total. The summed E-state index contributed by atoms with van der Waals surface area (Å²) in [4.78, 5) is 13.3. The number of rotatable bonds is 6. The molecule has 0 aromatic carbocycles. The highest BCUT2D eigenvalue weighted by Gasteiger charge is 2.35. The first kappa shape index (κ1) is 22.3. The highest BCUT2D eigenvalue weighted by molar-refractivity contribution is 5.64. The summed E-state index contributed by atoms with van der Waals surface area (Å²) in [5, 5.41) is 14.1. The van der Waals surface area contributed by atoms with Gasteiger partial charge in [0.2, 0.25) is 0 Å². The molecular formula is C25H27F2N4O. The maximum Gasteiger partial charge on any atom is 0.264 e. The Labute approximate surface area is 187 Å². The van der Waals surface area contributed by atoms with Gasteiger partial charge in [-0.05, 0) is 93.8 Å². The van der Waals surface area contributed by atoms with Gasteiger partial charge < -0.3 is 10.4 Å². The van der Waals surface area contributed by atoms with E-state index in [1.165, 1.54) is 18.3 Å². The van der Waals surface area contributed by atoms with Crippen molar-refractivity contribution in [1.82, 2.24) is 15.0 Å². The first-order valence-corrected chi connectivity index (χ1v) is 10.8. The highest BCUT2D eigenvalue weighted by atomic mass is 19.3. The summed E-state index contributed by atoms with van der Waals surface area (Å²) in [6, 6.07) is 10.1. The second-order valence-electron chi connectivity index (χ2n) is 8.54. The molecule has 1 atom stereocenters. The van der Waals surface area contributed by atoms with Crippen molar-refractivity contribution in [3.8, 4) is 11.3 Å². The average Bonchev–Trinajstić information content (AvgIpc) is 2.79. The number of nitrogens with one attached hydrogen (secondary N) is 1. The minimum atomic E-state index is -2.56. The third-order valence-corrected chi connectivity index (χ3v) is 6.07. The van der Waals surface area contributed by atoms with Gasteiger partial charge in [-0.2, -0.15) is 0 Å². The van der Waals surface area contributed by atoms with Crippen molar-refractivity contribution in [3.63, 3.8) is 0 Å². The number of aromatic nitrogens is 3. The third kappa shape index (κ3) is 4.93. The maximum atomic E-state index is 13.0. The van der Waals surface area contributed by atoms with Gasteiger partial charge in [-0.25, -0.2) is 18.7 Å². The Hall–Kier alpha value is -2.93. The van der Waals surface area contributed by atoms with E-state index < -0.39 is 12.0 Å². The molecule has 7 heteroatoms. The molecule has 1 radical (unpaired) electrons. The van der Waals surface area contributed by atoms with Crippen molar-refractivity contribution in [2.75, 3.05) is 5.32 Å². The molecule has 2 N–H and O–H groups in total. The van der Waals surface area contributed by atoms with Crippen LogP contribution in [0.15, 0.2) is 48.8 Å². The van der Waals surface area contributed by atoms with E-state index in [-0.39, 0.29) is 11.5 Å². The van der Waals surface area contributed by atoms with Crippen molar-refractivity contribution in [2.24, 2.45) is 5.92 Å². The van der Waals surface area contributed by atoms with Crippen LogP contribution >= 0.6 is 0 Å². The Kier molecular flexibility index (Phi) is 6.46. The average molecular weight is 438 g/mol. The first-order valence-electron chi connectivity index (χ1n) is 10.8. The van der Waals surface area contributed by atoms with Gasteiger partial charge in [0, 0.05) is 23.5 Å². The van der Waals surface area contributed by atoms with Crippen LogP contribution in [-0.2, 0) is 5.60 Å². The van der Waals surface area contributed by atoms with Crippen LogP contribution in [0.5, 0.6) is 0 Å². The maximum absolute atomic E-state index is 13.0. The Balaban J connectivity index is 1.56. The summed E-state index contributed by atoms with van der Waals surface area (Å²) in [6.07, 6.45) is 6.76. The number of anilines is 2. The molecule has 1 fully saturated rings.